The van der Waals surface area contributed by atoms with E-state index in [0.29, 0.717) is 18.3 Å². The van der Waals surface area contributed by atoms with Gasteiger partial charge in [-0.1, -0.05) is 0 Å². The third kappa shape index (κ3) is 4.63. The Morgan fingerprint density at radius 3 is 2.88 bits per heavy atom. The molecule has 0 aliphatic carbocycles. The average Bonchev–Trinajstić information content (AvgIpc) is 3.15. The zero-order valence-electron chi connectivity index (χ0n) is 12.9. The van der Waals surface area contributed by atoms with Crippen LogP contribution in [-0.4, -0.2) is 33.2 Å². The number of nitrogens with one attached hydrogen (secondary N) is 1. The van der Waals surface area contributed by atoms with Gasteiger partial charge in [0.15, 0.2) is 5.82 Å². The summed E-state index contributed by atoms with van der Waals surface area (Å²) in [7, 11) is 0. The number of thioether (sulfide) groups is 1. The Morgan fingerprint density at radius 1 is 1.46 bits per heavy atom. The van der Waals surface area contributed by atoms with Crippen molar-refractivity contribution in [3.63, 3.8) is 0 Å². The molecular formula is C15H18Br2N4OS2. The van der Waals surface area contributed by atoms with Gasteiger partial charge >= 0.3 is 0 Å². The van der Waals surface area contributed by atoms with Crippen molar-refractivity contribution < 1.29 is 4.79 Å². The van der Waals surface area contributed by atoms with E-state index in [-0.39, 0.29) is 5.91 Å². The van der Waals surface area contributed by atoms with E-state index in [9.17, 15) is 4.79 Å². The number of anilines is 1. The van der Waals surface area contributed by atoms with Crippen molar-refractivity contribution in [1.29, 1.82) is 0 Å². The molecule has 3 heterocycles. The molecule has 1 unspecified atom stereocenters. The van der Waals surface area contributed by atoms with E-state index in [2.05, 4.69) is 42.3 Å². The van der Waals surface area contributed by atoms with Gasteiger partial charge in [0.25, 0.3) is 0 Å². The third-order valence-corrected chi connectivity index (χ3v) is 7.44. The molecule has 0 bridgehead atoms. The van der Waals surface area contributed by atoms with Gasteiger partial charge in [-0.2, -0.15) is 16.9 Å². The summed E-state index contributed by atoms with van der Waals surface area (Å²) in [6.07, 6.45) is 4.67. The molecule has 9 heteroatoms. The summed E-state index contributed by atoms with van der Waals surface area (Å²) in [6, 6.07) is 3.64. The zero-order chi connectivity index (χ0) is 17.1. The van der Waals surface area contributed by atoms with Crippen LogP contribution in [0.3, 0.4) is 0 Å². The quantitative estimate of drug-likeness (QED) is 0.659. The number of amides is 1. The molecule has 0 saturated carbocycles. The van der Waals surface area contributed by atoms with Crippen molar-refractivity contribution in [2.45, 2.75) is 31.3 Å². The lowest BCUT2D eigenvalue weighted by Gasteiger charge is -2.21. The zero-order valence-corrected chi connectivity index (χ0v) is 17.7. The van der Waals surface area contributed by atoms with Crippen LogP contribution >= 0.6 is 55.0 Å². The number of nitrogens with two attached hydrogens (primary N) is 1. The first-order chi connectivity index (χ1) is 11.5. The standard InChI is InChI=1S/C15H18Br2N4OS2/c16-12-8-9(14(17)24-12)7-11(18)15(22)19-13-1-4-21(20-13)10-2-5-23-6-3-10/h1,4,8,10-11H,2-3,5-7,18H2,(H,19,20,22). The largest absolute Gasteiger partial charge is 0.320 e. The molecule has 1 atom stereocenters. The van der Waals surface area contributed by atoms with Crippen molar-refractivity contribution in [1.82, 2.24) is 9.78 Å². The van der Waals surface area contributed by atoms with Crippen LogP contribution in [0, 0.1) is 0 Å². The fourth-order valence-electron chi connectivity index (χ4n) is 2.62. The predicted molar refractivity (Wildman–Crippen MR) is 108 cm³/mol. The SMILES string of the molecule is NC(Cc1cc(Br)sc1Br)C(=O)Nc1ccn(C2CCSCC2)n1. The van der Waals surface area contributed by atoms with Crippen molar-refractivity contribution in [2.24, 2.45) is 5.73 Å². The first-order valence-electron chi connectivity index (χ1n) is 7.66. The number of hydrogen-bond acceptors (Lipinski definition) is 5. The van der Waals surface area contributed by atoms with Crippen molar-refractivity contribution in [3.8, 4) is 0 Å². The Hall–Kier alpha value is -0.350. The van der Waals surface area contributed by atoms with E-state index < -0.39 is 6.04 Å². The molecule has 2 aromatic heterocycles. The molecule has 1 aliphatic heterocycles. The molecule has 0 aromatic carbocycles. The van der Waals surface area contributed by atoms with Gasteiger partial charge in [0.05, 0.1) is 19.7 Å². The first-order valence-corrected chi connectivity index (χ1v) is 11.2. The fourth-order valence-corrected chi connectivity index (χ4v) is 6.56. The number of halogens is 2. The lowest BCUT2D eigenvalue weighted by atomic mass is 10.1. The molecule has 1 amide bonds. The minimum absolute atomic E-state index is 0.214. The summed E-state index contributed by atoms with van der Waals surface area (Å²) in [5, 5.41) is 7.31. The van der Waals surface area contributed by atoms with Gasteiger partial charge in [-0.05, 0) is 74.3 Å². The highest BCUT2D eigenvalue weighted by Gasteiger charge is 2.20. The summed E-state index contributed by atoms with van der Waals surface area (Å²) in [4.78, 5) is 12.3. The molecule has 5 nitrogen and oxygen atoms in total. The van der Waals surface area contributed by atoms with Crippen molar-refractivity contribution in [3.05, 3.63) is 31.5 Å². The Balaban J connectivity index is 1.58. The molecule has 3 N–H and O–H groups in total. The topological polar surface area (TPSA) is 72.9 Å². The summed E-state index contributed by atoms with van der Waals surface area (Å²) in [5.41, 5.74) is 7.07. The number of aromatic nitrogens is 2. The van der Waals surface area contributed by atoms with E-state index in [1.807, 2.05) is 34.8 Å². The van der Waals surface area contributed by atoms with Gasteiger partial charge in [-0.15, -0.1) is 11.3 Å². The third-order valence-electron chi connectivity index (χ3n) is 3.93. The monoisotopic (exact) mass is 492 g/mol. The van der Waals surface area contributed by atoms with Crippen LogP contribution in [0.1, 0.15) is 24.4 Å². The van der Waals surface area contributed by atoms with Crippen LogP contribution in [-0.2, 0) is 11.2 Å². The Bertz CT molecular complexity index is 712. The average molecular weight is 494 g/mol. The second-order valence-corrected chi connectivity index (χ2v) is 10.6. The van der Waals surface area contributed by atoms with Gasteiger partial charge in [0, 0.05) is 12.3 Å². The second kappa shape index (κ2) is 8.35. The molecule has 24 heavy (non-hydrogen) atoms. The lowest BCUT2D eigenvalue weighted by molar-refractivity contribution is -0.117. The molecule has 1 saturated heterocycles. The van der Waals surface area contributed by atoms with Crippen LogP contribution in [0.4, 0.5) is 5.82 Å². The first kappa shape index (κ1) is 18.4. The minimum atomic E-state index is -0.612. The molecule has 1 aliphatic rings. The van der Waals surface area contributed by atoms with Gasteiger partial charge in [0.2, 0.25) is 5.91 Å². The summed E-state index contributed by atoms with van der Waals surface area (Å²) >= 11 is 10.5. The Labute approximate surface area is 166 Å². The number of nitrogens with zero attached hydrogens (tertiary/aromatic N) is 2. The van der Waals surface area contributed by atoms with Crippen LogP contribution in [0.25, 0.3) is 0 Å². The predicted octanol–water partition coefficient (Wildman–Crippen LogP) is 4.05. The number of hydrogen-bond donors (Lipinski definition) is 2. The van der Waals surface area contributed by atoms with E-state index in [1.165, 1.54) is 11.5 Å². The Morgan fingerprint density at radius 2 is 2.21 bits per heavy atom. The molecule has 0 spiro atoms. The van der Waals surface area contributed by atoms with E-state index in [0.717, 1.165) is 26.0 Å². The number of thiophene rings is 1. The lowest BCUT2D eigenvalue weighted by Crippen LogP contribution is -2.37. The second-order valence-electron chi connectivity index (χ2n) is 5.67. The number of carbonyl (C=O) groups is 1. The molecule has 1 fully saturated rings. The molecular weight excluding hydrogens is 476 g/mol. The maximum absolute atomic E-state index is 12.3. The summed E-state index contributed by atoms with van der Waals surface area (Å²) in [6.45, 7) is 0. The highest BCUT2D eigenvalue weighted by atomic mass is 79.9. The molecule has 0 radical (unpaired) electrons. The highest BCUT2D eigenvalue weighted by molar-refractivity contribution is 9.12. The van der Waals surface area contributed by atoms with Crippen molar-refractivity contribution >= 4 is 66.7 Å². The maximum Gasteiger partial charge on any atom is 0.242 e. The summed E-state index contributed by atoms with van der Waals surface area (Å²) < 4.78 is 3.98. The van der Waals surface area contributed by atoms with Gasteiger partial charge in [-0.3, -0.25) is 9.48 Å². The fraction of sp³-hybridized carbons (Fsp3) is 0.467. The smallest absolute Gasteiger partial charge is 0.242 e. The van der Waals surface area contributed by atoms with Crippen molar-refractivity contribution in [2.75, 3.05) is 16.8 Å². The normalized spacial score (nSPS) is 17.0. The van der Waals surface area contributed by atoms with Crippen LogP contribution < -0.4 is 11.1 Å². The van der Waals surface area contributed by atoms with E-state index in [1.54, 1.807) is 11.3 Å². The minimum Gasteiger partial charge on any atom is -0.320 e. The highest BCUT2D eigenvalue weighted by Crippen LogP contribution is 2.32. The molecule has 3 rings (SSSR count). The van der Waals surface area contributed by atoms with Crippen LogP contribution in [0.15, 0.2) is 25.9 Å². The van der Waals surface area contributed by atoms with E-state index in [4.69, 9.17) is 5.73 Å². The number of carbonyl (C=O) groups excluding carboxylic acids is 1. The number of rotatable bonds is 5. The summed E-state index contributed by atoms with van der Waals surface area (Å²) in [5.74, 6) is 2.69. The Kier molecular flexibility index (Phi) is 6.42. The van der Waals surface area contributed by atoms with E-state index >= 15 is 0 Å². The van der Waals surface area contributed by atoms with Gasteiger partial charge < -0.3 is 11.1 Å². The van der Waals surface area contributed by atoms with Crippen LogP contribution in [0.5, 0.6) is 0 Å². The maximum atomic E-state index is 12.3. The van der Waals surface area contributed by atoms with Gasteiger partial charge in [-0.25, -0.2) is 0 Å². The van der Waals surface area contributed by atoms with Crippen LogP contribution in [0.2, 0.25) is 0 Å². The van der Waals surface area contributed by atoms with Gasteiger partial charge in [0.1, 0.15) is 0 Å². The molecule has 130 valence electrons. The molecule has 2 aromatic rings.